The number of carbonyl (C=O) groups excluding carboxylic acids is 1. The van der Waals surface area contributed by atoms with Gasteiger partial charge in [-0.3, -0.25) is 10.2 Å². The smallest absolute Gasteiger partial charge is 0.258 e. The topological polar surface area (TPSA) is 120 Å². The number of nitrogens with one attached hydrogen (secondary N) is 3. The standard InChI is InChI=1S/C30H35F2N7O2S/c1-38-8-10-39(11-9-38)23-2-3-24(26(17-23)35-22-6-12-41-13-7-22)30(40)37-29(34)28-25(33)4-5-27(36-28)42-18-19-14-20(31)16-21(32)15-19/h2-5,14-17,22,35H,6-13,18,33H2,1H3,(H2,34,37,40). The summed E-state index contributed by atoms with van der Waals surface area (Å²) >= 11 is 1.25. The van der Waals surface area contributed by atoms with E-state index in [1.807, 2.05) is 12.1 Å². The van der Waals surface area contributed by atoms with Crippen LogP contribution in [0, 0.1) is 17.0 Å². The van der Waals surface area contributed by atoms with Crippen LogP contribution in [-0.2, 0) is 10.5 Å². The molecular formula is C30H35F2N7O2S. The summed E-state index contributed by atoms with van der Waals surface area (Å²) in [4.78, 5) is 22.6. The van der Waals surface area contributed by atoms with Gasteiger partial charge in [0.15, 0.2) is 5.84 Å². The molecule has 222 valence electrons. The van der Waals surface area contributed by atoms with Gasteiger partial charge in [-0.15, -0.1) is 11.8 Å². The van der Waals surface area contributed by atoms with Crippen molar-refractivity contribution in [3.63, 3.8) is 0 Å². The van der Waals surface area contributed by atoms with Crippen LogP contribution in [0.1, 0.15) is 34.5 Å². The van der Waals surface area contributed by atoms with Crippen molar-refractivity contribution in [3.8, 4) is 0 Å². The average Bonchev–Trinajstić information content (AvgIpc) is 2.97. The fourth-order valence-electron chi connectivity index (χ4n) is 5.00. The second-order valence-corrected chi connectivity index (χ2v) is 11.5. The van der Waals surface area contributed by atoms with Gasteiger partial charge in [0.25, 0.3) is 5.91 Å². The summed E-state index contributed by atoms with van der Waals surface area (Å²) in [5.41, 5.74) is 9.09. The molecule has 5 N–H and O–H groups in total. The molecule has 0 radical (unpaired) electrons. The molecule has 0 aliphatic carbocycles. The normalized spacial score (nSPS) is 16.3. The van der Waals surface area contributed by atoms with Crippen molar-refractivity contribution < 1.29 is 18.3 Å². The fraction of sp³-hybridized carbons (Fsp3) is 0.367. The Labute approximate surface area is 248 Å². The van der Waals surface area contributed by atoms with Crippen molar-refractivity contribution in [2.24, 2.45) is 0 Å². The van der Waals surface area contributed by atoms with Crippen LogP contribution in [0.5, 0.6) is 0 Å². The Hall–Kier alpha value is -3.74. The summed E-state index contributed by atoms with van der Waals surface area (Å²) in [5.74, 6) is -1.72. The summed E-state index contributed by atoms with van der Waals surface area (Å²) in [5, 5.41) is 15.3. The Kier molecular flexibility index (Phi) is 9.55. The summed E-state index contributed by atoms with van der Waals surface area (Å²) in [6, 6.07) is 12.5. The number of rotatable bonds is 8. The molecule has 1 amide bonds. The summed E-state index contributed by atoms with van der Waals surface area (Å²) < 4.78 is 32.6. The Bertz CT molecular complexity index is 1420. The number of ether oxygens (including phenoxy) is 1. The minimum Gasteiger partial charge on any atom is -0.397 e. The van der Waals surface area contributed by atoms with Gasteiger partial charge < -0.3 is 30.9 Å². The van der Waals surface area contributed by atoms with Crippen molar-refractivity contribution in [2.45, 2.75) is 29.7 Å². The van der Waals surface area contributed by atoms with Crippen molar-refractivity contribution >= 4 is 40.6 Å². The monoisotopic (exact) mass is 595 g/mol. The van der Waals surface area contributed by atoms with Gasteiger partial charge in [-0.2, -0.15) is 0 Å². The molecule has 0 atom stereocenters. The number of halogens is 2. The van der Waals surface area contributed by atoms with Gasteiger partial charge in [0.2, 0.25) is 0 Å². The maximum atomic E-state index is 13.6. The lowest BCUT2D eigenvalue weighted by molar-refractivity contribution is 0.0904. The number of piperazine rings is 1. The largest absolute Gasteiger partial charge is 0.397 e. The number of nitrogens with two attached hydrogens (primary N) is 1. The number of benzene rings is 2. The molecule has 9 nitrogen and oxygen atoms in total. The van der Waals surface area contributed by atoms with Crippen LogP contribution in [-0.4, -0.2) is 74.1 Å². The van der Waals surface area contributed by atoms with E-state index in [1.54, 1.807) is 18.2 Å². The second-order valence-electron chi connectivity index (χ2n) is 10.5. The molecule has 1 aromatic heterocycles. The molecule has 3 heterocycles. The quantitative estimate of drug-likeness (QED) is 0.173. The molecule has 5 rings (SSSR count). The Morgan fingerprint density at radius 3 is 2.50 bits per heavy atom. The third-order valence-corrected chi connectivity index (χ3v) is 8.38. The number of carbonyl (C=O) groups is 1. The zero-order chi connectivity index (χ0) is 29.6. The maximum absolute atomic E-state index is 13.6. The molecule has 2 aromatic carbocycles. The van der Waals surface area contributed by atoms with E-state index in [4.69, 9.17) is 15.9 Å². The van der Waals surface area contributed by atoms with Crippen LogP contribution >= 0.6 is 11.8 Å². The molecule has 2 fully saturated rings. The van der Waals surface area contributed by atoms with Gasteiger partial charge >= 0.3 is 0 Å². The minimum atomic E-state index is -0.650. The number of nitrogens with zero attached hydrogens (tertiary/aromatic N) is 3. The van der Waals surface area contributed by atoms with E-state index in [0.717, 1.165) is 50.8 Å². The first-order chi connectivity index (χ1) is 20.2. The molecule has 0 bridgehead atoms. The van der Waals surface area contributed by atoms with Crippen LogP contribution in [0.25, 0.3) is 0 Å². The highest BCUT2D eigenvalue weighted by Crippen LogP contribution is 2.28. The summed E-state index contributed by atoms with van der Waals surface area (Å²) in [6.07, 6.45) is 1.67. The van der Waals surface area contributed by atoms with Crippen LogP contribution in [0.15, 0.2) is 53.6 Å². The SMILES string of the molecule is CN1CCN(c2ccc(C(=O)NC(=N)c3nc(SCc4cc(F)cc(F)c4)ccc3N)c(NC3CCOCC3)c2)CC1. The molecule has 2 aliphatic rings. The Morgan fingerprint density at radius 1 is 1.07 bits per heavy atom. The molecule has 2 saturated heterocycles. The number of thioether (sulfide) groups is 1. The van der Waals surface area contributed by atoms with Crippen molar-refractivity contribution in [3.05, 3.63) is 77.0 Å². The summed E-state index contributed by atoms with van der Waals surface area (Å²) in [6.45, 7) is 5.05. The highest BCUT2D eigenvalue weighted by atomic mass is 32.2. The van der Waals surface area contributed by atoms with Crippen molar-refractivity contribution in [2.75, 3.05) is 62.4 Å². The first-order valence-corrected chi connectivity index (χ1v) is 14.9. The molecule has 2 aliphatic heterocycles. The number of anilines is 3. The number of likely N-dealkylation sites (N-methyl/N-ethyl adjacent to an activating group) is 1. The van der Waals surface area contributed by atoms with Gasteiger partial charge in [-0.1, -0.05) is 0 Å². The second kappa shape index (κ2) is 13.5. The number of amides is 1. The molecule has 3 aromatic rings. The maximum Gasteiger partial charge on any atom is 0.258 e. The predicted octanol–water partition coefficient (Wildman–Crippen LogP) is 4.33. The van der Waals surface area contributed by atoms with Gasteiger partial charge in [0, 0.05) is 68.6 Å². The number of pyridine rings is 1. The van der Waals surface area contributed by atoms with E-state index in [0.29, 0.717) is 35.1 Å². The Morgan fingerprint density at radius 2 is 1.79 bits per heavy atom. The van der Waals surface area contributed by atoms with Crippen LogP contribution in [0.3, 0.4) is 0 Å². The van der Waals surface area contributed by atoms with Crippen LogP contribution in [0.2, 0.25) is 0 Å². The zero-order valence-corrected chi connectivity index (χ0v) is 24.3. The van der Waals surface area contributed by atoms with Gasteiger partial charge in [-0.05, 0) is 67.9 Å². The van der Waals surface area contributed by atoms with Gasteiger partial charge in [0.1, 0.15) is 17.3 Å². The minimum absolute atomic E-state index is 0.117. The molecule has 12 heteroatoms. The van der Waals surface area contributed by atoms with E-state index in [9.17, 15) is 13.6 Å². The first-order valence-electron chi connectivity index (χ1n) is 13.9. The van der Waals surface area contributed by atoms with Crippen molar-refractivity contribution in [1.29, 1.82) is 5.41 Å². The molecule has 0 saturated carbocycles. The lowest BCUT2D eigenvalue weighted by atomic mass is 10.1. The lowest BCUT2D eigenvalue weighted by Crippen LogP contribution is -2.44. The van der Waals surface area contributed by atoms with Crippen LogP contribution in [0.4, 0.5) is 25.8 Å². The van der Waals surface area contributed by atoms with E-state index >= 15 is 0 Å². The number of nitrogen functional groups attached to an aromatic ring is 1. The first kappa shape index (κ1) is 29.7. The molecule has 0 unspecified atom stereocenters. The number of amidine groups is 1. The number of aromatic nitrogens is 1. The zero-order valence-electron chi connectivity index (χ0n) is 23.5. The van der Waals surface area contributed by atoms with E-state index < -0.39 is 17.5 Å². The van der Waals surface area contributed by atoms with Crippen molar-refractivity contribution in [1.82, 2.24) is 15.2 Å². The van der Waals surface area contributed by atoms with E-state index in [2.05, 4.69) is 32.5 Å². The van der Waals surface area contributed by atoms with Gasteiger partial charge in [0.05, 0.1) is 16.3 Å². The van der Waals surface area contributed by atoms with E-state index in [-0.39, 0.29) is 29.0 Å². The molecular weight excluding hydrogens is 560 g/mol. The lowest BCUT2D eigenvalue weighted by Gasteiger charge is -2.34. The number of hydrogen-bond donors (Lipinski definition) is 4. The highest BCUT2D eigenvalue weighted by molar-refractivity contribution is 7.98. The summed E-state index contributed by atoms with van der Waals surface area (Å²) in [7, 11) is 2.11. The number of hydrogen-bond acceptors (Lipinski definition) is 9. The third-order valence-electron chi connectivity index (χ3n) is 7.38. The van der Waals surface area contributed by atoms with E-state index in [1.165, 1.54) is 23.9 Å². The molecule has 0 spiro atoms. The predicted molar refractivity (Wildman–Crippen MR) is 162 cm³/mol. The fourth-order valence-corrected chi connectivity index (χ4v) is 5.80. The molecule has 42 heavy (non-hydrogen) atoms. The van der Waals surface area contributed by atoms with Crippen LogP contribution < -0.4 is 21.3 Å². The highest BCUT2D eigenvalue weighted by Gasteiger charge is 2.22. The third kappa shape index (κ3) is 7.55. The average molecular weight is 596 g/mol. The van der Waals surface area contributed by atoms with Gasteiger partial charge in [-0.25, -0.2) is 13.8 Å². The Balaban J connectivity index is 1.32.